The van der Waals surface area contributed by atoms with Crippen LogP contribution in [0.5, 0.6) is 0 Å². The van der Waals surface area contributed by atoms with Gasteiger partial charge in [-0.15, -0.1) is 0 Å². The molecule has 3 aromatic rings. The van der Waals surface area contributed by atoms with Crippen LogP contribution in [0.15, 0.2) is 79.3 Å². The van der Waals surface area contributed by atoms with Crippen LogP contribution in [-0.2, 0) is 6.54 Å². The highest BCUT2D eigenvalue weighted by Gasteiger charge is 2.33. The molecule has 0 bridgehead atoms. The Morgan fingerprint density at radius 2 is 1.85 bits per heavy atom. The Hall–Kier alpha value is -4.93. The molecule has 11 nitrogen and oxygen atoms in total. The zero-order valence-corrected chi connectivity index (χ0v) is 17.7. The first kappa shape index (κ1) is 22.3. The third kappa shape index (κ3) is 4.63. The third-order valence-electron chi connectivity index (χ3n) is 4.97. The van der Waals surface area contributed by atoms with Gasteiger partial charge in [-0.3, -0.25) is 34.5 Å². The summed E-state index contributed by atoms with van der Waals surface area (Å²) in [5, 5.41) is 14.0. The molecule has 11 heteroatoms. The number of nitro groups is 1. The van der Waals surface area contributed by atoms with E-state index in [1.54, 1.807) is 24.4 Å². The molecule has 0 saturated carbocycles. The maximum atomic E-state index is 13.0. The molecule has 0 radical (unpaired) electrons. The van der Waals surface area contributed by atoms with Gasteiger partial charge in [0.1, 0.15) is 11.4 Å². The number of hydrogen-bond donors (Lipinski definition) is 1. The molecule has 0 atom stereocenters. The molecular formula is C23H18N6O5. The molecule has 170 valence electrons. The molecule has 3 heterocycles. The van der Waals surface area contributed by atoms with Gasteiger partial charge in [-0.05, 0) is 36.4 Å². The lowest BCUT2D eigenvalue weighted by Crippen LogP contribution is -2.47. The minimum absolute atomic E-state index is 0.0474. The first-order valence-corrected chi connectivity index (χ1v) is 10.1. The van der Waals surface area contributed by atoms with E-state index < -0.39 is 16.9 Å². The number of carbonyl (C=O) groups excluding carboxylic acids is 3. The zero-order valence-electron chi connectivity index (χ0n) is 17.7. The van der Waals surface area contributed by atoms with Crippen LogP contribution in [-0.4, -0.2) is 44.2 Å². The summed E-state index contributed by atoms with van der Waals surface area (Å²) in [5.74, 6) is -0.974. The molecule has 0 saturated heterocycles. The van der Waals surface area contributed by atoms with Crippen molar-refractivity contribution in [3.05, 3.63) is 106 Å². The van der Waals surface area contributed by atoms with Crippen LogP contribution < -0.4 is 10.2 Å². The van der Waals surface area contributed by atoms with Crippen molar-refractivity contribution in [1.82, 2.24) is 20.2 Å². The Bertz CT molecular complexity index is 1280. The van der Waals surface area contributed by atoms with Crippen molar-refractivity contribution in [3.8, 4) is 0 Å². The number of para-hydroxylation sites is 1. The number of aromatic nitrogens is 2. The van der Waals surface area contributed by atoms with Crippen molar-refractivity contribution in [2.75, 3.05) is 11.4 Å². The molecule has 34 heavy (non-hydrogen) atoms. The number of carbonyl (C=O) groups is 3. The van der Waals surface area contributed by atoms with Gasteiger partial charge in [0.25, 0.3) is 17.5 Å². The highest BCUT2D eigenvalue weighted by molar-refractivity contribution is 6.11. The first-order valence-electron chi connectivity index (χ1n) is 10.1. The van der Waals surface area contributed by atoms with Crippen LogP contribution in [0.25, 0.3) is 0 Å². The smallest absolute Gasteiger partial charge is 0.337 e. The van der Waals surface area contributed by atoms with Gasteiger partial charge < -0.3 is 5.32 Å². The lowest BCUT2D eigenvalue weighted by Gasteiger charge is -2.29. The number of nitro benzene ring substituents is 1. The molecule has 1 aliphatic heterocycles. The number of benzene rings is 1. The van der Waals surface area contributed by atoms with Gasteiger partial charge in [-0.1, -0.05) is 18.2 Å². The van der Waals surface area contributed by atoms with E-state index in [4.69, 9.17) is 0 Å². The highest BCUT2D eigenvalue weighted by atomic mass is 16.6. The fourth-order valence-electron chi connectivity index (χ4n) is 3.27. The molecule has 1 aliphatic rings. The van der Waals surface area contributed by atoms with Crippen molar-refractivity contribution in [2.45, 2.75) is 6.54 Å². The topological polar surface area (TPSA) is 139 Å². The summed E-state index contributed by atoms with van der Waals surface area (Å²) in [7, 11) is 0. The molecule has 4 rings (SSSR count). The second-order valence-electron chi connectivity index (χ2n) is 7.14. The summed E-state index contributed by atoms with van der Waals surface area (Å²) in [6.45, 7) is 0.200. The molecule has 2 aromatic heterocycles. The van der Waals surface area contributed by atoms with E-state index in [1.807, 2.05) is 6.07 Å². The number of rotatable bonds is 6. The maximum Gasteiger partial charge on any atom is 0.337 e. The fraction of sp³-hybridized carbons (Fsp3) is 0.0870. The molecule has 1 N–H and O–H groups in total. The van der Waals surface area contributed by atoms with Crippen molar-refractivity contribution in [3.63, 3.8) is 0 Å². The molecule has 1 aromatic carbocycles. The minimum atomic E-state index is -0.794. The maximum absolute atomic E-state index is 13.0. The number of nitrogens with one attached hydrogen (secondary N) is 1. The normalized spacial score (nSPS) is 13.0. The summed E-state index contributed by atoms with van der Waals surface area (Å²) in [6, 6.07) is 13.1. The van der Waals surface area contributed by atoms with E-state index in [0.717, 1.165) is 9.80 Å². The molecule has 0 unspecified atom stereocenters. The van der Waals surface area contributed by atoms with Gasteiger partial charge in [0, 0.05) is 24.7 Å². The van der Waals surface area contributed by atoms with E-state index in [0.29, 0.717) is 5.69 Å². The van der Waals surface area contributed by atoms with E-state index in [1.165, 1.54) is 48.8 Å². The van der Waals surface area contributed by atoms with Gasteiger partial charge in [0.15, 0.2) is 0 Å². The Morgan fingerprint density at radius 1 is 1.06 bits per heavy atom. The van der Waals surface area contributed by atoms with Gasteiger partial charge >= 0.3 is 6.03 Å². The predicted molar refractivity (Wildman–Crippen MR) is 121 cm³/mol. The van der Waals surface area contributed by atoms with Crippen molar-refractivity contribution >= 4 is 29.4 Å². The molecule has 0 aliphatic carbocycles. The van der Waals surface area contributed by atoms with Crippen molar-refractivity contribution in [2.24, 2.45) is 0 Å². The minimum Gasteiger partial charge on any atom is -0.346 e. The van der Waals surface area contributed by atoms with E-state index in [2.05, 4.69) is 15.3 Å². The van der Waals surface area contributed by atoms with Crippen LogP contribution in [0.4, 0.5) is 16.3 Å². The van der Waals surface area contributed by atoms with Crippen molar-refractivity contribution in [1.29, 1.82) is 0 Å². The van der Waals surface area contributed by atoms with E-state index in [9.17, 15) is 24.5 Å². The summed E-state index contributed by atoms with van der Waals surface area (Å²) in [4.78, 5) is 59.2. The number of amides is 4. The van der Waals surface area contributed by atoms with Crippen LogP contribution >= 0.6 is 0 Å². The van der Waals surface area contributed by atoms with Crippen LogP contribution in [0, 0.1) is 10.1 Å². The van der Waals surface area contributed by atoms with Crippen LogP contribution in [0.3, 0.4) is 0 Å². The SMILES string of the molecule is O=C(NCc1ccccn1)c1ccc(N2C=CCN(C(=O)c3ccccc3[N+](=O)[O-])C2=O)nc1. The quantitative estimate of drug-likeness (QED) is 0.443. The number of imide groups is 1. The zero-order chi connectivity index (χ0) is 24.1. The van der Waals surface area contributed by atoms with Crippen LogP contribution in [0.2, 0.25) is 0 Å². The Labute approximate surface area is 193 Å². The highest BCUT2D eigenvalue weighted by Crippen LogP contribution is 2.23. The average Bonchev–Trinajstić information content (AvgIpc) is 2.87. The Morgan fingerprint density at radius 3 is 2.56 bits per heavy atom. The largest absolute Gasteiger partial charge is 0.346 e. The lowest BCUT2D eigenvalue weighted by molar-refractivity contribution is -0.385. The second kappa shape index (κ2) is 9.69. The Balaban J connectivity index is 1.47. The third-order valence-corrected chi connectivity index (χ3v) is 4.97. The second-order valence-corrected chi connectivity index (χ2v) is 7.14. The lowest BCUT2D eigenvalue weighted by atomic mass is 10.1. The summed E-state index contributed by atoms with van der Waals surface area (Å²) in [5.41, 5.74) is 0.401. The number of hydrogen-bond acceptors (Lipinski definition) is 7. The Kier molecular flexibility index (Phi) is 6.35. The number of nitrogens with zero attached hydrogens (tertiary/aromatic N) is 5. The standard InChI is InChI=1S/C23H18N6O5/c30-21(26-15-17-6-3-4-11-24-17)16-9-10-20(25-14-16)27-12-5-13-28(23(27)32)22(31)18-7-1-2-8-19(18)29(33)34/h1-12,14H,13,15H2,(H,26,30). The van der Waals surface area contributed by atoms with Crippen LogP contribution in [0.1, 0.15) is 26.4 Å². The van der Waals surface area contributed by atoms with Crippen molar-refractivity contribution < 1.29 is 19.3 Å². The van der Waals surface area contributed by atoms with Gasteiger partial charge in [-0.2, -0.15) is 0 Å². The first-order chi connectivity index (χ1) is 16.5. The van der Waals surface area contributed by atoms with E-state index >= 15 is 0 Å². The van der Waals surface area contributed by atoms with Gasteiger partial charge in [0.2, 0.25) is 0 Å². The average molecular weight is 458 g/mol. The van der Waals surface area contributed by atoms with Gasteiger partial charge in [-0.25, -0.2) is 9.78 Å². The predicted octanol–water partition coefficient (Wildman–Crippen LogP) is 2.91. The fourth-order valence-corrected chi connectivity index (χ4v) is 3.27. The molecule has 0 fully saturated rings. The molecule has 4 amide bonds. The number of urea groups is 1. The summed E-state index contributed by atoms with van der Waals surface area (Å²) < 4.78 is 0. The summed E-state index contributed by atoms with van der Waals surface area (Å²) in [6.07, 6.45) is 5.95. The molecule has 0 spiro atoms. The molecular weight excluding hydrogens is 440 g/mol. The van der Waals surface area contributed by atoms with Gasteiger partial charge in [0.05, 0.1) is 29.3 Å². The number of pyridine rings is 2. The number of anilines is 1. The monoisotopic (exact) mass is 458 g/mol. The van der Waals surface area contributed by atoms with E-state index in [-0.39, 0.29) is 41.6 Å². The summed E-state index contributed by atoms with van der Waals surface area (Å²) >= 11 is 0.